The van der Waals surface area contributed by atoms with Gasteiger partial charge in [-0.15, -0.1) is 0 Å². The summed E-state index contributed by atoms with van der Waals surface area (Å²) in [6.07, 6.45) is 3.50. The molecule has 0 saturated heterocycles. The van der Waals surface area contributed by atoms with Crippen molar-refractivity contribution in [3.8, 4) is 0 Å². The number of hydrogen-bond donors (Lipinski definition) is 1. The largest absolute Gasteiger partial charge is 0.399 e. The summed E-state index contributed by atoms with van der Waals surface area (Å²) in [7, 11) is 0. The van der Waals surface area contributed by atoms with Gasteiger partial charge in [0.1, 0.15) is 0 Å². The molecule has 1 aliphatic rings. The van der Waals surface area contributed by atoms with Crippen molar-refractivity contribution >= 4 is 5.69 Å². The van der Waals surface area contributed by atoms with Crippen molar-refractivity contribution < 1.29 is 0 Å². The average molecular weight is 178 g/mol. The van der Waals surface area contributed by atoms with Gasteiger partial charge in [-0.1, -0.05) is 0 Å². The fourth-order valence-electron chi connectivity index (χ4n) is 1.85. The fraction of sp³-hybridized carbons (Fsp3) is 0.500. The van der Waals surface area contributed by atoms with Gasteiger partial charge in [0.25, 0.3) is 5.56 Å². The molecule has 1 saturated carbocycles. The summed E-state index contributed by atoms with van der Waals surface area (Å²) in [5.41, 5.74) is 7.17. The topological polar surface area (TPSA) is 48.0 Å². The molecule has 13 heavy (non-hydrogen) atoms. The van der Waals surface area contributed by atoms with E-state index in [1.165, 1.54) is 12.5 Å². The Balaban J connectivity index is 2.49. The van der Waals surface area contributed by atoms with Crippen LogP contribution in [0.2, 0.25) is 0 Å². The fourth-order valence-corrected chi connectivity index (χ4v) is 1.85. The lowest BCUT2D eigenvalue weighted by molar-refractivity contribution is 0.302. The van der Waals surface area contributed by atoms with Crippen LogP contribution < -0.4 is 11.3 Å². The summed E-state index contributed by atoms with van der Waals surface area (Å²) in [6.45, 7) is 1.94. The monoisotopic (exact) mass is 178 g/mol. The van der Waals surface area contributed by atoms with Crippen LogP contribution in [0.5, 0.6) is 0 Å². The third-order valence-electron chi connectivity index (χ3n) is 2.72. The highest BCUT2D eigenvalue weighted by molar-refractivity contribution is 5.37. The SMILES string of the molecule is Cc1cc(N)cc(=O)n1C1CCC1. The Morgan fingerprint density at radius 2 is 2.15 bits per heavy atom. The van der Waals surface area contributed by atoms with Gasteiger partial charge in [-0.25, -0.2) is 0 Å². The summed E-state index contributed by atoms with van der Waals surface area (Å²) < 4.78 is 1.86. The molecule has 0 aromatic carbocycles. The van der Waals surface area contributed by atoms with Crippen molar-refractivity contribution in [2.24, 2.45) is 0 Å². The Hall–Kier alpha value is -1.25. The highest BCUT2D eigenvalue weighted by atomic mass is 16.1. The van der Waals surface area contributed by atoms with Crippen molar-refractivity contribution in [3.63, 3.8) is 0 Å². The minimum absolute atomic E-state index is 0.0437. The molecule has 3 heteroatoms. The number of nitrogens with zero attached hydrogens (tertiary/aromatic N) is 1. The van der Waals surface area contributed by atoms with Crippen molar-refractivity contribution in [2.45, 2.75) is 32.2 Å². The second kappa shape index (κ2) is 2.91. The van der Waals surface area contributed by atoms with Crippen LogP contribution in [0.1, 0.15) is 31.0 Å². The van der Waals surface area contributed by atoms with Gasteiger partial charge >= 0.3 is 0 Å². The molecule has 0 unspecified atom stereocenters. The molecule has 1 aromatic heterocycles. The summed E-state index contributed by atoms with van der Waals surface area (Å²) in [5.74, 6) is 0. The number of pyridine rings is 1. The lowest BCUT2D eigenvalue weighted by Crippen LogP contribution is -2.30. The maximum Gasteiger partial charge on any atom is 0.253 e. The molecule has 0 spiro atoms. The molecule has 2 rings (SSSR count). The standard InChI is InChI=1S/C10H14N2O/c1-7-5-8(11)6-10(13)12(7)9-3-2-4-9/h5-6,9H,2-4,11H2,1H3. The van der Waals surface area contributed by atoms with Crippen molar-refractivity contribution in [1.29, 1.82) is 0 Å². The summed E-state index contributed by atoms with van der Waals surface area (Å²) >= 11 is 0. The minimum atomic E-state index is 0.0437. The van der Waals surface area contributed by atoms with Crippen LogP contribution in [0.4, 0.5) is 5.69 Å². The molecule has 1 aliphatic carbocycles. The molecular formula is C10H14N2O. The first-order valence-corrected chi connectivity index (χ1v) is 4.67. The van der Waals surface area contributed by atoms with E-state index in [9.17, 15) is 4.79 Å². The maximum absolute atomic E-state index is 11.6. The van der Waals surface area contributed by atoms with Crippen molar-refractivity contribution in [1.82, 2.24) is 4.57 Å². The molecule has 0 bridgehead atoms. The van der Waals surface area contributed by atoms with Crippen LogP contribution in [0.25, 0.3) is 0 Å². The molecule has 0 atom stereocenters. The van der Waals surface area contributed by atoms with Gasteiger partial charge in [0, 0.05) is 23.5 Å². The molecule has 3 nitrogen and oxygen atoms in total. The van der Waals surface area contributed by atoms with Gasteiger partial charge in [-0.2, -0.15) is 0 Å². The van der Waals surface area contributed by atoms with Crippen LogP contribution in [0.15, 0.2) is 16.9 Å². The normalized spacial score (nSPS) is 17.0. The van der Waals surface area contributed by atoms with Gasteiger partial charge in [0.2, 0.25) is 0 Å². The maximum atomic E-state index is 11.6. The molecule has 1 heterocycles. The van der Waals surface area contributed by atoms with E-state index in [0.29, 0.717) is 11.7 Å². The first-order valence-electron chi connectivity index (χ1n) is 4.67. The number of nitrogen functional groups attached to an aromatic ring is 1. The van der Waals surface area contributed by atoms with E-state index < -0.39 is 0 Å². The first kappa shape index (κ1) is 8.35. The number of hydrogen-bond acceptors (Lipinski definition) is 2. The minimum Gasteiger partial charge on any atom is -0.399 e. The van der Waals surface area contributed by atoms with E-state index >= 15 is 0 Å². The Kier molecular flexibility index (Phi) is 1.87. The molecule has 1 aromatic rings. The molecule has 0 aliphatic heterocycles. The van der Waals surface area contributed by atoms with Crippen LogP contribution >= 0.6 is 0 Å². The number of aromatic nitrogens is 1. The number of aryl methyl sites for hydroxylation is 1. The summed E-state index contributed by atoms with van der Waals surface area (Å²) in [4.78, 5) is 11.6. The zero-order chi connectivity index (χ0) is 9.42. The van der Waals surface area contributed by atoms with E-state index in [1.807, 2.05) is 17.6 Å². The van der Waals surface area contributed by atoms with Crippen LogP contribution in [-0.2, 0) is 0 Å². The van der Waals surface area contributed by atoms with Crippen LogP contribution in [0.3, 0.4) is 0 Å². The van der Waals surface area contributed by atoms with E-state index in [0.717, 1.165) is 18.5 Å². The van der Waals surface area contributed by atoms with Crippen LogP contribution in [-0.4, -0.2) is 4.57 Å². The zero-order valence-electron chi connectivity index (χ0n) is 7.79. The predicted octanol–water partition coefficient (Wildman–Crippen LogP) is 1.46. The van der Waals surface area contributed by atoms with E-state index in [4.69, 9.17) is 5.73 Å². The number of rotatable bonds is 1. The molecule has 0 amide bonds. The lowest BCUT2D eigenvalue weighted by Gasteiger charge is -2.29. The van der Waals surface area contributed by atoms with Gasteiger partial charge in [-0.3, -0.25) is 4.79 Å². The molecule has 2 N–H and O–H groups in total. The molecule has 1 fully saturated rings. The summed E-state index contributed by atoms with van der Waals surface area (Å²) in [6, 6.07) is 3.79. The highest BCUT2D eigenvalue weighted by Crippen LogP contribution is 2.31. The average Bonchev–Trinajstić information content (AvgIpc) is 1.92. The molecule has 0 radical (unpaired) electrons. The quantitative estimate of drug-likeness (QED) is 0.707. The number of anilines is 1. The van der Waals surface area contributed by atoms with Crippen molar-refractivity contribution in [3.05, 3.63) is 28.2 Å². The predicted molar refractivity (Wildman–Crippen MR) is 52.7 cm³/mol. The highest BCUT2D eigenvalue weighted by Gasteiger charge is 2.21. The Bertz CT molecular complexity index is 377. The third kappa shape index (κ3) is 1.34. The van der Waals surface area contributed by atoms with E-state index in [1.54, 1.807) is 0 Å². The Morgan fingerprint density at radius 1 is 1.46 bits per heavy atom. The van der Waals surface area contributed by atoms with Crippen LogP contribution in [0, 0.1) is 6.92 Å². The first-order chi connectivity index (χ1) is 6.18. The van der Waals surface area contributed by atoms with Crippen molar-refractivity contribution in [2.75, 3.05) is 5.73 Å². The van der Waals surface area contributed by atoms with Gasteiger partial charge in [0.05, 0.1) is 0 Å². The van der Waals surface area contributed by atoms with Gasteiger partial charge in [-0.05, 0) is 32.3 Å². The molecular weight excluding hydrogens is 164 g/mol. The second-order valence-corrected chi connectivity index (χ2v) is 3.72. The van der Waals surface area contributed by atoms with Gasteiger partial charge < -0.3 is 10.3 Å². The third-order valence-corrected chi connectivity index (χ3v) is 2.72. The lowest BCUT2D eigenvalue weighted by atomic mass is 9.92. The van der Waals surface area contributed by atoms with E-state index in [-0.39, 0.29) is 5.56 Å². The number of nitrogens with two attached hydrogens (primary N) is 1. The second-order valence-electron chi connectivity index (χ2n) is 3.72. The molecule has 70 valence electrons. The van der Waals surface area contributed by atoms with E-state index in [2.05, 4.69) is 0 Å². The van der Waals surface area contributed by atoms with Gasteiger partial charge in [0.15, 0.2) is 0 Å². The zero-order valence-corrected chi connectivity index (χ0v) is 7.79. The summed E-state index contributed by atoms with van der Waals surface area (Å²) in [5, 5.41) is 0. The Morgan fingerprint density at radius 3 is 2.62 bits per heavy atom. The smallest absolute Gasteiger partial charge is 0.253 e. The Labute approximate surface area is 77.2 Å².